The molecule has 3 amide bonds. The second-order valence-corrected chi connectivity index (χ2v) is 2.45. The number of rotatable bonds is 0. The van der Waals surface area contributed by atoms with Crippen LogP contribution in [0.25, 0.3) is 0 Å². The van der Waals surface area contributed by atoms with Crippen molar-refractivity contribution in [3.63, 3.8) is 0 Å². The Labute approximate surface area is 63.8 Å². The molecule has 11 heavy (non-hydrogen) atoms. The normalized spacial score (nSPS) is 23.8. The van der Waals surface area contributed by atoms with Crippen LogP contribution in [0.2, 0.25) is 0 Å². The number of nitrogens with zero attached hydrogens (tertiary/aromatic N) is 2. The maximum Gasteiger partial charge on any atom is 0.342 e. The van der Waals surface area contributed by atoms with Crippen LogP contribution in [0.3, 0.4) is 0 Å². The molecule has 0 saturated carbocycles. The van der Waals surface area contributed by atoms with E-state index in [9.17, 15) is 9.59 Å². The molecule has 0 spiro atoms. The topological polar surface area (TPSA) is 75.8 Å². The minimum absolute atomic E-state index is 0.317. The average molecular weight is 155 g/mol. The first kappa shape index (κ1) is 7.71. The molecule has 0 aromatic carbocycles. The lowest BCUT2D eigenvalue weighted by molar-refractivity contribution is -0.128. The third-order valence-corrected chi connectivity index (χ3v) is 1.67. The van der Waals surface area contributed by atoms with Gasteiger partial charge in [0.1, 0.15) is 0 Å². The quantitative estimate of drug-likeness (QED) is 0.531. The second-order valence-electron chi connectivity index (χ2n) is 2.45. The van der Waals surface area contributed by atoms with E-state index in [0.717, 1.165) is 0 Å². The number of hydrazone groups is 1. The molecule has 1 rings (SSSR count). The Morgan fingerprint density at radius 2 is 2.27 bits per heavy atom. The van der Waals surface area contributed by atoms with E-state index in [1.54, 1.807) is 13.8 Å². The molecule has 1 atom stereocenters. The van der Waals surface area contributed by atoms with Crippen molar-refractivity contribution in [2.45, 2.75) is 13.8 Å². The van der Waals surface area contributed by atoms with Crippen LogP contribution in [-0.4, -0.2) is 22.7 Å². The summed E-state index contributed by atoms with van der Waals surface area (Å²) in [5.74, 6) is -0.669. The monoisotopic (exact) mass is 155 g/mol. The van der Waals surface area contributed by atoms with E-state index in [-0.39, 0.29) is 11.8 Å². The Balaban J connectivity index is 2.89. The second kappa shape index (κ2) is 2.34. The lowest BCUT2D eigenvalue weighted by atomic mass is 10.1. The molecule has 1 aliphatic rings. The van der Waals surface area contributed by atoms with Gasteiger partial charge in [-0.3, -0.25) is 4.79 Å². The van der Waals surface area contributed by atoms with Crippen LogP contribution in [0.15, 0.2) is 5.10 Å². The molecule has 1 unspecified atom stereocenters. The van der Waals surface area contributed by atoms with E-state index in [4.69, 9.17) is 5.73 Å². The number of urea groups is 1. The molecular weight excluding hydrogens is 146 g/mol. The van der Waals surface area contributed by atoms with Gasteiger partial charge in [-0.05, 0) is 13.8 Å². The molecule has 5 nitrogen and oxygen atoms in total. The lowest BCUT2D eigenvalue weighted by Gasteiger charge is -2.05. The lowest BCUT2D eigenvalue weighted by Crippen LogP contribution is -2.35. The van der Waals surface area contributed by atoms with Crippen molar-refractivity contribution < 1.29 is 9.59 Å². The van der Waals surface area contributed by atoms with Crippen LogP contribution in [0.5, 0.6) is 0 Å². The summed E-state index contributed by atoms with van der Waals surface area (Å²) in [7, 11) is 0. The SMILES string of the molecule is CC1=NN(C(N)=O)C(=O)C1C. The molecule has 5 heteroatoms. The fourth-order valence-electron chi connectivity index (χ4n) is 0.814. The zero-order chi connectivity index (χ0) is 8.59. The smallest absolute Gasteiger partial charge is 0.342 e. The van der Waals surface area contributed by atoms with E-state index >= 15 is 0 Å². The van der Waals surface area contributed by atoms with Crippen molar-refractivity contribution in [1.29, 1.82) is 0 Å². The van der Waals surface area contributed by atoms with Gasteiger partial charge in [-0.15, -0.1) is 5.01 Å². The van der Waals surface area contributed by atoms with Gasteiger partial charge >= 0.3 is 6.03 Å². The van der Waals surface area contributed by atoms with Gasteiger partial charge in [0.2, 0.25) is 0 Å². The Kier molecular flexibility index (Phi) is 1.64. The summed E-state index contributed by atoms with van der Waals surface area (Å²) in [5.41, 5.74) is 5.49. The highest BCUT2D eigenvalue weighted by Crippen LogP contribution is 2.13. The third-order valence-electron chi connectivity index (χ3n) is 1.67. The molecule has 0 saturated heterocycles. The average Bonchev–Trinajstić information content (AvgIpc) is 2.17. The summed E-state index contributed by atoms with van der Waals surface area (Å²) >= 11 is 0. The van der Waals surface area contributed by atoms with Gasteiger partial charge in [0.05, 0.1) is 5.92 Å². The summed E-state index contributed by atoms with van der Waals surface area (Å²) in [6, 6.07) is -0.821. The number of primary amides is 1. The molecule has 1 heterocycles. The predicted molar refractivity (Wildman–Crippen MR) is 38.7 cm³/mol. The first-order valence-electron chi connectivity index (χ1n) is 3.22. The molecule has 0 aromatic heterocycles. The number of imide groups is 1. The Hall–Kier alpha value is -1.39. The first-order chi connectivity index (χ1) is 5.04. The van der Waals surface area contributed by atoms with Crippen LogP contribution in [0, 0.1) is 5.92 Å². The van der Waals surface area contributed by atoms with Crippen LogP contribution in [-0.2, 0) is 4.79 Å². The number of carbonyl (C=O) groups excluding carboxylic acids is 2. The Morgan fingerprint density at radius 1 is 1.73 bits per heavy atom. The van der Waals surface area contributed by atoms with Gasteiger partial charge in [-0.1, -0.05) is 0 Å². The van der Waals surface area contributed by atoms with Crippen molar-refractivity contribution in [2.75, 3.05) is 0 Å². The van der Waals surface area contributed by atoms with E-state index in [1.807, 2.05) is 0 Å². The number of amides is 3. The van der Waals surface area contributed by atoms with Gasteiger partial charge in [0.15, 0.2) is 0 Å². The Bertz CT molecular complexity index is 246. The fourth-order valence-corrected chi connectivity index (χ4v) is 0.814. The molecular formula is C6H9N3O2. The summed E-state index contributed by atoms with van der Waals surface area (Å²) in [6.45, 7) is 3.37. The standard InChI is InChI=1S/C6H9N3O2/c1-3-4(2)8-9(5(3)10)6(7)11/h3H,1-2H3,(H2,7,11). The summed E-state index contributed by atoms with van der Waals surface area (Å²) < 4.78 is 0. The molecule has 0 aliphatic carbocycles. The number of nitrogens with two attached hydrogens (primary N) is 1. The van der Waals surface area contributed by atoms with Gasteiger partial charge < -0.3 is 5.73 Å². The van der Waals surface area contributed by atoms with Gasteiger partial charge in [-0.25, -0.2) is 4.79 Å². The summed E-state index contributed by atoms with van der Waals surface area (Å²) in [6.07, 6.45) is 0. The van der Waals surface area contributed by atoms with E-state index < -0.39 is 6.03 Å². The molecule has 0 fully saturated rings. The van der Waals surface area contributed by atoms with Crippen LogP contribution < -0.4 is 5.73 Å². The third kappa shape index (κ3) is 1.09. The minimum Gasteiger partial charge on any atom is -0.350 e. The maximum absolute atomic E-state index is 11.1. The van der Waals surface area contributed by atoms with E-state index in [1.165, 1.54) is 0 Å². The van der Waals surface area contributed by atoms with Crippen LogP contribution >= 0.6 is 0 Å². The molecule has 0 aromatic rings. The van der Waals surface area contributed by atoms with Crippen molar-refractivity contribution >= 4 is 17.6 Å². The van der Waals surface area contributed by atoms with Gasteiger partial charge in [0, 0.05) is 5.71 Å². The molecule has 1 aliphatic heterocycles. The van der Waals surface area contributed by atoms with Crippen LogP contribution in [0.1, 0.15) is 13.8 Å². The summed E-state index contributed by atoms with van der Waals surface area (Å²) in [5, 5.41) is 4.37. The van der Waals surface area contributed by atoms with Crippen molar-refractivity contribution in [2.24, 2.45) is 16.8 Å². The highest BCUT2D eigenvalue weighted by Gasteiger charge is 2.32. The minimum atomic E-state index is -0.821. The molecule has 0 radical (unpaired) electrons. The van der Waals surface area contributed by atoms with E-state index in [2.05, 4.69) is 5.10 Å². The molecule has 60 valence electrons. The number of hydrogen-bond donors (Lipinski definition) is 1. The zero-order valence-corrected chi connectivity index (χ0v) is 6.37. The number of hydrogen-bond acceptors (Lipinski definition) is 3. The highest BCUT2D eigenvalue weighted by molar-refractivity contribution is 6.11. The molecule has 2 N–H and O–H groups in total. The fraction of sp³-hybridized carbons (Fsp3) is 0.500. The predicted octanol–water partition coefficient (Wildman–Crippen LogP) is -0.0807. The van der Waals surface area contributed by atoms with E-state index in [0.29, 0.717) is 10.7 Å². The zero-order valence-electron chi connectivity index (χ0n) is 6.37. The van der Waals surface area contributed by atoms with Gasteiger partial charge in [-0.2, -0.15) is 5.10 Å². The molecule has 0 bridgehead atoms. The van der Waals surface area contributed by atoms with Crippen molar-refractivity contribution in [1.82, 2.24) is 5.01 Å². The van der Waals surface area contributed by atoms with Crippen molar-refractivity contribution in [3.8, 4) is 0 Å². The van der Waals surface area contributed by atoms with Gasteiger partial charge in [0.25, 0.3) is 5.91 Å². The largest absolute Gasteiger partial charge is 0.350 e. The van der Waals surface area contributed by atoms with Crippen LogP contribution in [0.4, 0.5) is 4.79 Å². The van der Waals surface area contributed by atoms with Crippen molar-refractivity contribution in [3.05, 3.63) is 0 Å². The highest BCUT2D eigenvalue weighted by atomic mass is 16.2. The first-order valence-corrected chi connectivity index (χ1v) is 3.22. The Morgan fingerprint density at radius 3 is 2.45 bits per heavy atom. The summed E-state index contributed by atoms with van der Waals surface area (Å²) in [4.78, 5) is 21.6. The number of carbonyl (C=O) groups is 2. The maximum atomic E-state index is 11.1.